The quantitative estimate of drug-likeness (QED) is 0.335. The molecule has 0 spiro atoms. The Kier molecular flexibility index (Phi) is 5.38. The van der Waals surface area contributed by atoms with E-state index in [1.165, 1.54) is 0 Å². The molecule has 0 atom stereocenters. The van der Waals surface area contributed by atoms with Crippen LogP contribution in [0, 0.1) is 13.8 Å². The second-order valence-corrected chi connectivity index (χ2v) is 6.86. The molecule has 0 saturated carbocycles. The summed E-state index contributed by atoms with van der Waals surface area (Å²) < 4.78 is 12.0. The molecule has 0 saturated heterocycles. The Morgan fingerprint density at radius 3 is 2.46 bits per heavy atom. The summed E-state index contributed by atoms with van der Waals surface area (Å²) in [4.78, 5) is 23.7. The standard InChI is InChI=1S/C21H17BrO4/c1-13-9-16(22)10-14(2)21(13)25-12-20(24)26-19-8-7-15-5-3-4-6-17(15)18(19)11-23/h3-11H,12H2,1-2H3. The van der Waals surface area contributed by atoms with Crippen LogP contribution in [-0.2, 0) is 4.79 Å². The number of hydrogen-bond donors (Lipinski definition) is 0. The van der Waals surface area contributed by atoms with Gasteiger partial charge in [-0.15, -0.1) is 0 Å². The Hall–Kier alpha value is -2.66. The van der Waals surface area contributed by atoms with Crippen molar-refractivity contribution in [1.82, 2.24) is 0 Å². The first-order valence-corrected chi connectivity index (χ1v) is 8.86. The lowest BCUT2D eigenvalue weighted by molar-refractivity contribution is -0.136. The first-order chi connectivity index (χ1) is 12.5. The maximum atomic E-state index is 12.2. The van der Waals surface area contributed by atoms with Crippen molar-refractivity contribution in [2.24, 2.45) is 0 Å². The highest BCUT2D eigenvalue weighted by atomic mass is 79.9. The fraction of sp³-hybridized carbons (Fsp3) is 0.143. The minimum absolute atomic E-state index is 0.233. The third-order valence-electron chi connectivity index (χ3n) is 4.03. The number of ether oxygens (including phenoxy) is 2. The summed E-state index contributed by atoms with van der Waals surface area (Å²) in [5.74, 6) is 0.320. The first-order valence-electron chi connectivity index (χ1n) is 8.06. The van der Waals surface area contributed by atoms with Gasteiger partial charge in [0.15, 0.2) is 12.9 Å². The number of aryl methyl sites for hydroxylation is 2. The monoisotopic (exact) mass is 412 g/mol. The molecule has 4 nitrogen and oxygen atoms in total. The van der Waals surface area contributed by atoms with Gasteiger partial charge in [-0.05, 0) is 53.9 Å². The number of carbonyl (C=O) groups is 2. The van der Waals surface area contributed by atoms with Gasteiger partial charge in [-0.3, -0.25) is 4.79 Å². The molecule has 0 bridgehead atoms. The minimum Gasteiger partial charge on any atom is -0.481 e. The molecule has 0 amide bonds. The Morgan fingerprint density at radius 2 is 1.77 bits per heavy atom. The average Bonchev–Trinajstić information content (AvgIpc) is 2.60. The molecule has 26 heavy (non-hydrogen) atoms. The number of fused-ring (bicyclic) bond motifs is 1. The van der Waals surface area contributed by atoms with Crippen molar-refractivity contribution in [3.05, 3.63) is 69.7 Å². The van der Waals surface area contributed by atoms with Crippen LogP contribution in [-0.4, -0.2) is 18.9 Å². The lowest BCUT2D eigenvalue weighted by atomic mass is 10.0. The normalized spacial score (nSPS) is 10.6. The molecule has 0 aromatic heterocycles. The predicted octanol–water partition coefficient (Wildman–Crippen LogP) is 5.02. The number of halogens is 1. The number of benzene rings is 3. The van der Waals surface area contributed by atoms with E-state index in [2.05, 4.69) is 15.9 Å². The van der Waals surface area contributed by atoms with Crippen molar-refractivity contribution in [1.29, 1.82) is 0 Å². The van der Waals surface area contributed by atoms with E-state index < -0.39 is 5.97 Å². The van der Waals surface area contributed by atoms with Crippen molar-refractivity contribution in [2.75, 3.05) is 6.61 Å². The topological polar surface area (TPSA) is 52.6 Å². The van der Waals surface area contributed by atoms with Gasteiger partial charge in [0.05, 0.1) is 5.56 Å². The van der Waals surface area contributed by atoms with Gasteiger partial charge in [0.1, 0.15) is 11.5 Å². The molecule has 0 heterocycles. The van der Waals surface area contributed by atoms with Crippen LogP contribution < -0.4 is 9.47 Å². The summed E-state index contributed by atoms with van der Waals surface area (Å²) in [7, 11) is 0. The Labute approximate surface area is 159 Å². The first kappa shape index (κ1) is 18.1. The molecule has 0 aliphatic carbocycles. The van der Waals surface area contributed by atoms with Crippen molar-refractivity contribution in [3.63, 3.8) is 0 Å². The van der Waals surface area contributed by atoms with Gasteiger partial charge in [-0.1, -0.05) is 46.3 Å². The van der Waals surface area contributed by atoms with Crippen molar-refractivity contribution >= 4 is 39.0 Å². The Bertz CT molecular complexity index is 971. The van der Waals surface area contributed by atoms with Gasteiger partial charge in [0, 0.05) is 4.47 Å². The lowest BCUT2D eigenvalue weighted by Gasteiger charge is -2.13. The zero-order valence-corrected chi connectivity index (χ0v) is 16.0. The fourth-order valence-corrected chi connectivity index (χ4v) is 3.58. The maximum Gasteiger partial charge on any atom is 0.349 e. The van der Waals surface area contributed by atoms with Crippen molar-refractivity contribution < 1.29 is 19.1 Å². The highest BCUT2D eigenvalue weighted by Gasteiger charge is 2.14. The van der Waals surface area contributed by atoms with E-state index in [9.17, 15) is 9.59 Å². The van der Waals surface area contributed by atoms with Gasteiger partial charge in [0.2, 0.25) is 0 Å². The van der Waals surface area contributed by atoms with Crippen LogP contribution in [0.5, 0.6) is 11.5 Å². The van der Waals surface area contributed by atoms with Gasteiger partial charge in [0.25, 0.3) is 0 Å². The van der Waals surface area contributed by atoms with E-state index in [4.69, 9.17) is 9.47 Å². The van der Waals surface area contributed by atoms with Crippen LogP contribution in [0.1, 0.15) is 21.5 Å². The van der Waals surface area contributed by atoms with E-state index >= 15 is 0 Å². The van der Waals surface area contributed by atoms with Gasteiger partial charge < -0.3 is 9.47 Å². The SMILES string of the molecule is Cc1cc(Br)cc(C)c1OCC(=O)Oc1ccc2ccccc2c1C=O. The van der Waals surface area contributed by atoms with E-state index in [0.29, 0.717) is 17.6 Å². The van der Waals surface area contributed by atoms with Gasteiger partial charge in [-0.2, -0.15) is 0 Å². The second kappa shape index (κ2) is 7.70. The molecule has 0 radical (unpaired) electrons. The number of esters is 1. The summed E-state index contributed by atoms with van der Waals surface area (Å²) >= 11 is 3.43. The van der Waals surface area contributed by atoms with E-state index in [0.717, 1.165) is 26.4 Å². The van der Waals surface area contributed by atoms with Crippen LogP contribution >= 0.6 is 15.9 Å². The fourth-order valence-electron chi connectivity index (χ4n) is 2.89. The van der Waals surface area contributed by atoms with E-state index in [1.54, 1.807) is 6.07 Å². The van der Waals surface area contributed by atoms with Crippen LogP contribution in [0.3, 0.4) is 0 Å². The second-order valence-electron chi connectivity index (χ2n) is 5.95. The zero-order valence-electron chi connectivity index (χ0n) is 14.4. The highest BCUT2D eigenvalue weighted by molar-refractivity contribution is 9.10. The van der Waals surface area contributed by atoms with Crippen LogP contribution in [0.15, 0.2) is 53.0 Å². The third-order valence-corrected chi connectivity index (χ3v) is 4.49. The molecule has 0 N–H and O–H groups in total. The summed E-state index contributed by atoms with van der Waals surface area (Å²) in [5.41, 5.74) is 2.19. The van der Waals surface area contributed by atoms with Crippen LogP contribution in [0.2, 0.25) is 0 Å². The summed E-state index contributed by atoms with van der Waals surface area (Å²) in [5, 5.41) is 1.65. The molecule has 0 fully saturated rings. The third kappa shape index (κ3) is 3.78. The molecule has 5 heteroatoms. The molecule has 3 rings (SSSR count). The Balaban J connectivity index is 1.77. The predicted molar refractivity (Wildman–Crippen MR) is 104 cm³/mol. The maximum absolute atomic E-state index is 12.2. The molecule has 0 aliphatic rings. The van der Waals surface area contributed by atoms with E-state index in [1.807, 2.05) is 56.3 Å². The number of carbonyl (C=O) groups excluding carboxylic acids is 2. The van der Waals surface area contributed by atoms with Crippen molar-refractivity contribution in [2.45, 2.75) is 13.8 Å². The van der Waals surface area contributed by atoms with Crippen molar-refractivity contribution in [3.8, 4) is 11.5 Å². The molecule has 132 valence electrons. The summed E-state index contributed by atoms with van der Waals surface area (Å²) in [6.45, 7) is 3.58. The number of hydrogen-bond acceptors (Lipinski definition) is 4. The van der Waals surface area contributed by atoms with Crippen LogP contribution in [0.4, 0.5) is 0 Å². The zero-order chi connectivity index (χ0) is 18.7. The molecule has 0 unspecified atom stereocenters. The number of rotatable bonds is 5. The smallest absolute Gasteiger partial charge is 0.349 e. The molecular formula is C21H17BrO4. The minimum atomic E-state index is -0.565. The van der Waals surface area contributed by atoms with Gasteiger partial charge in [-0.25, -0.2) is 4.79 Å². The van der Waals surface area contributed by atoms with Gasteiger partial charge >= 0.3 is 5.97 Å². The molecule has 3 aromatic carbocycles. The largest absolute Gasteiger partial charge is 0.481 e. The molecule has 0 aliphatic heterocycles. The summed E-state index contributed by atoms with van der Waals surface area (Å²) in [6, 6.07) is 14.7. The summed E-state index contributed by atoms with van der Waals surface area (Å²) in [6.07, 6.45) is 0.703. The highest BCUT2D eigenvalue weighted by Crippen LogP contribution is 2.28. The number of aldehydes is 1. The molecule has 3 aromatic rings. The average molecular weight is 413 g/mol. The Morgan fingerprint density at radius 1 is 1.08 bits per heavy atom. The molecular weight excluding hydrogens is 396 g/mol. The lowest BCUT2D eigenvalue weighted by Crippen LogP contribution is -2.19. The van der Waals surface area contributed by atoms with E-state index in [-0.39, 0.29) is 12.4 Å². The van der Waals surface area contributed by atoms with Crippen LogP contribution in [0.25, 0.3) is 10.8 Å².